The molecule has 0 atom stereocenters. The molecular weight excluding hydrogens is 326 g/mol. The van der Waals surface area contributed by atoms with E-state index in [0.29, 0.717) is 19.2 Å². The Labute approximate surface area is 158 Å². The smallest absolute Gasteiger partial charge is 0.317 e. The van der Waals surface area contributed by atoms with E-state index in [-0.39, 0.29) is 6.03 Å². The Bertz CT molecular complexity index is 501. The predicted molar refractivity (Wildman–Crippen MR) is 106 cm³/mol. The summed E-state index contributed by atoms with van der Waals surface area (Å²) in [6.07, 6.45) is 5.44. The molecule has 26 heavy (non-hydrogen) atoms. The molecule has 0 bridgehead atoms. The minimum Gasteiger partial charge on any atom is -0.383 e. The third-order valence-electron chi connectivity index (χ3n) is 5.10. The summed E-state index contributed by atoms with van der Waals surface area (Å²) in [5.41, 5.74) is 1.36. The van der Waals surface area contributed by atoms with Crippen molar-refractivity contribution in [2.75, 3.05) is 39.9 Å². The molecule has 146 valence electrons. The first-order chi connectivity index (χ1) is 12.7. The van der Waals surface area contributed by atoms with Gasteiger partial charge in [0.1, 0.15) is 0 Å². The number of unbranched alkanes of at least 4 members (excludes halogenated alkanes) is 2. The highest BCUT2D eigenvalue weighted by Crippen LogP contribution is 2.18. The van der Waals surface area contributed by atoms with Gasteiger partial charge in [-0.05, 0) is 24.8 Å². The van der Waals surface area contributed by atoms with Crippen LogP contribution in [0.4, 0.5) is 4.79 Å². The molecule has 1 aromatic carbocycles. The molecule has 1 saturated heterocycles. The molecule has 0 saturated carbocycles. The Kier molecular flexibility index (Phi) is 9.50. The SMILES string of the molecule is CCCCCNC(=O)N(CCOC)C1CCN(Cc2ccccc2)CC1. The molecule has 0 aromatic heterocycles. The zero-order valence-electron chi connectivity index (χ0n) is 16.5. The number of benzene rings is 1. The molecule has 1 fully saturated rings. The van der Waals surface area contributed by atoms with E-state index in [1.807, 2.05) is 4.90 Å². The second-order valence-corrected chi connectivity index (χ2v) is 7.12. The summed E-state index contributed by atoms with van der Waals surface area (Å²) in [4.78, 5) is 17.1. The number of hydrogen-bond acceptors (Lipinski definition) is 3. The summed E-state index contributed by atoms with van der Waals surface area (Å²) in [5, 5.41) is 3.09. The zero-order chi connectivity index (χ0) is 18.6. The lowest BCUT2D eigenvalue weighted by atomic mass is 10.0. The number of amides is 2. The lowest BCUT2D eigenvalue weighted by molar-refractivity contribution is 0.0930. The Morgan fingerprint density at radius 3 is 2.62 bits per heavy atom. The van der Waals surface area contributed by atoms with E-state index in [4.69, 9.17) is 4.74 Å². The van der Waals surface area contributed by atoms with Gasteiger partial charge in [-0.25, -0.2) is 4.79 Å². The van der Waals surface area contributed by atoms with Crippen LogP contribution in [0, 0.1) is 0 Å². The summed E-state index contributed by atoms with van der Waals surface area (Å²) in [6, 6.07) is 11.0. The molecule has 2 amide bonds. The first kappa shape index (κ1) is 20.7. The molecule has 1 aromatic rings. The van der Waals surface area contributed by atoms with Gasteiger partial charge in [0, 0.05) is 45.9 Å². The average molecular weight is 362 g/mol. The van der Waals surface area contributed by atoms with Crippen molar-refractivity contribution in [1.29, 1.82) is 0 Å². The van der Waals surface area contributed by atoms with E-state index in [2.05, 4.69) is 47.5 Å². The summed E-state index contributed by atoms with van der Waals surface area (Å²) in [7, 11) is 1.69. The summed E-state index contributed by atoms with van der Waals surface area (Å²) < 4.78 is 5.22. The Morgan fingerprint density at radius 1 is 1.23 bits per heavy atom. The van der Waals surface area contributed by atoms with Crippen LogP contribution in [-0.4, -0.2) is 61.8 Å². The number of nitrogens with zero attached hydrogens (tertiary/aromatic N) is 2. The molecule has 0 radical (unpaired) electrons. The second kappa shape index (κ2) is 11.9. The Hall–Kier alpha value is -1.59. The molecule has 0 aliphatic carbocycles. The largest absolute Gasteiger partial charge is 0.383 e. The molecule has 1 heterocycles. The zero-order valence-corrected chi connectivity index (χ0v) is 16.5. The number of piperidine rings is 1. The van der Waals surface area contributed by atoms with E-state index < -0.39 is 0 Å². The molecule has 0 spiro atoms. The van der Waals surface area contributed by atoms with Crippen LogP contribution in [0.3, 0.4) is 0 Å². The van der Waals surface area contributed by atoms with E-state index in [1.54, 1.807) is 7.11 Å². The lowest BCUT2D eigenvalue weighted by Crippen LogP contribution is -2.51. The number of methoxy groups -OCH3 is 1. The van der Waals surface area contributed by atoms with E-state index in [1.165, 1.54) is 12.0 Å². The standard InChI is InChI=1S/C21H35N3O2/c1-3-4-8-13-22-21(25)24(16-17-26-2)20-11-14-23(15-12-20)18-19-9-6-5-7-10-19/h5-7,9-10,20H,3-4,8,11-18H2,1-2H3,(H,22,25). The maximum absolute atomic E-state index is 12.6. The van der Waals surface area contributed by atoms with Crippen molar-refractivity contribution < 1.29 is 9.53 Å². The van der Waals surface area contributed by atoms with E-state index in [0.717, 1.165) is 51.9 Å². The number of urea groups is 1. The van der Waals surface area contributed by atoms with Crippen molar-refractivity contribution in [3.63, 3.8) is 0 Å². The number of carbonyl (C=O) groups is 1. The lowest BCUT2D eigenvalue weighted by Gasteiger charge is -2.38. The first-order valence-corrected chi connectivity index (χ1v) is 10.0. The topological polar surface area (TPSA) is 44.8 Å². The monoisotopic (exact) mass is 361 g/mol. The molecule has 1 aliphatic rings. The van der Waals surface area contributed by atoms with E-state index in [9.17, 15) is 4.79 Å². The maximum atomic E-state index is 12.6. The number of likely N-dealkylation sites (tertiary alicyclic amines) is 1. The third kappa shape index (κ3) is 6.96. The summed E-state index contributed by atoms with van der Waals surface area (Å²) >= 11 is 0. The number of carbonyl (C=O) groups excluding carboxylic acids is 1. The highest BCUT2D eigenvalue weighted by atomic mass is 16.5. The van der Waals surface area contributed by atoms with Gasteiger partial charge >= 0.3 is 6.03 Å². The predicted octanol–water partition coefficient (Wildman–Crippen LogP) is 3.50. The van der Waals surface area contributed by atoms with Crippen LogP contribution in [0.25, 0.3) is 0 Å². The fraction of sp³-hybridized carbons (Fsp3) is 0.667. The molecule has 1 aliphatic heterocycles. The van der Waals surface area contributed by atoms with Crippen LogP contribution in [-0.2, 0) is 11.3 Å². The quantitative estimate of drug-likeness (QED) is 0.649. The van der Waals surface area contributed by atoms with Gasteiger partial charge < -0.3 is 15.0 Å². The van der Waals surface area contributed by atoms with Crippen LogP contribution >= 0.6 is 0 Å². The molecule has 1 N–H and O–H groups in total. The first-order valence-electron chi connectivity index (χ1n) is 10.0. The van der Waals surface area contributed by atoms with Gasteiger partial charge in [-0.3, -0.25) is 4.90 Å². The molecule has 5 heteroatoms. The highest BCUT2D eigenvalue weighted by Gasteiger charge is 2.27. The fourth-order valence-electron chi connectivity index (χ4n) is 3.54. The maximum Gasteiger partial charge on any atom is 0.317 e. The van der Waals surface area contributed by atoms with Crippen molar-refractivity contribution >= 4 is 6.03 Å². The Balaban J connectivity index is 1.81. The third-order valence-corrected chi connectivity index (χ3v) is 5.10. The highest BCUT2D eigenvalue weighted by molar-refractivity contribution is 5.74. The van der Waals surface area contributed by atoms with Crippen molar-refractivity contribution in [2.24, 2.45) is 0 Å². The van der Waals surface area contributed by atoms with Gasteiger partial charge in [-0.1, -0.05) is 50.1 Å². The number of hydrogen-bond donors (Lipinski definition) is 1. The minimum absolute atomic E-state index is 0.0691. The minimum atomic E-state index is 0.0691. The van der Waals surface area contributed by atoms with Crippen molar-refractivity contribution in [1.82, 2.24) is 15.1 Å². The average Bonchev–Trinajstić information content (AvgIpc) is 2.67. The molecule has 0 unspecified atom stereocenters. The Morgan fingerprint density at radius 2 is 1.96 bits per heavy atom. The van der Waals surface area contributed by atoms with Crippen LogP contribution in [0.5, 0.6) is 0 Å². The van der Waals surface area contributed by atoms with E-state index >= 15 is 0 Å². The van der Waals surface area contributed by atoms with Crippen LogP contribution in [0.1, 0.15) is 44.6 Å². The van der Waals surface area contributed by atoms with Gasteiger partial charge in [0.05, 0.1) is 6.61 Å². The summed E-state index contributed by atoms with van der Waals surface area (Å²) in [6.45, 7) is 7.26. The van der Waals surface area contributed by atoms with Crippen molar-refractivity contribution in [3.8, 4) is 0 Å². The number of nitrogens with one attached hydrogen (secondary N) is 1. The summed E-state index contributed by atoms with van der Waals surface area (Å²) in [5.74, 6) is 0. The fourth-order valence-corrected chi connectivity index (χ4v) is 3.54. The van der Waals surface area contributed by atoms with Gasteiger partial charge in [0.15, 0.2) is 0 Å². The second-order valence-electron chi connectivity index (χ2n) is 7.12. The number of rotatable bonds is 10. The van der Waals surface area contributed by atoms with Crippen LogP contribution in [0.15, 0.2) is 30.3 Å². The van der Waals surface area contributed by atoms with Gasteiger partial charge in [0.25, 0.3) is 0 Å². The molecular formula is C21H35N3O2. The van der Waals surface area contributed by atoms with Crippen molar-refractivity contribution in [3.05, 3.63) is 35.9 Å². The van der Waals surface area contributed by atoms with Gasteiger partial charge in [0.2, 0.25) is 0 Å². The van der Waals surface area contributed by atoms with Crippen LogP contribution in [0.2, 0.25) is 0 Å². The molecule has 5 nitrogen and oxygen atoms in total. The van der Waals surface area contributed by atoms with Crippen LogP contribution < -0.4 is 5.32 Å². The van der Waals surface area contributed by atoms with Gasteiger partial charge in [-0.2, -0.15) is 0 Å². The number of ether oxygens (including phenoxy) is 1. The molecule has 2 rings (SSSR count). The van der Waals surface area contributed by atoms with Crippen molar-refractivity contribution in [2.45, 2.75) is 51.6 Å². The van der Waals surface area contributed by atoms with Gasteiger partial charge in [-0.15, -0.1) is 0 Å². The normalized spacial score (nSPS) is 15.8.